The van der Waals surface area contributed by atoms with Gasteiger partial charge in [-0.3, -0.25) is 0 Å². The van der Waals surface area contributed by atoms with Crippen molar-refractivity contribution in [3.63, 3.8) is 0 Å². The van der Waals surface area contributed by atoms with E-state index in [4.69, 9.17) is 4.74 Å². The monoisotopic (exact) mass is 330 g/mol. The van der Waals surface area contributed by atoms with Gasteiger partial charge in [-0.15, -0.1) is 0 Å². The quantitative estimate of drug-likeness (QED) is 0.635. The molecule has 130 valence electrons. The number of rotatable bonds is 2. The van der Waals surface area contributed by atoms with Crippen molar-refractivity contribution in [1.82, 2.24) is 0 Å². The zero-order valence-electron chi connectivity index (χ0n) is 15.2. The third-order valence-corrected chi connectivity index (χ3v) is 4.84. The highest BCUT2D eigenvalue weighted by atomic mass is 16.6. The maximum atomic E-state index is 12.2. The molecule has 0 amide bonds. The number of carbonyl (C=O) groups excluding carboxylic acids is 1. The summed E-state index contributed by atoms with van der Waals surface area (Å²) in [6.07, 6.45) is 0.621. The van der Waals surface area contributed by atoms with E-state index in [-0.39, 0.29) is 5.92 Å². The van der Waals surface area contributed by atoms with Crippen LogP contribution in [0.2, 0.25) is 0 Å². The van der Waals surface area contributed by atoms with E-state index >= 15 is 0 Å². The lowest BCUT2D eigenvalue weighted by Crippen LogP contribution is -3.15. The van der Waals surface area contributed by atoms with Gasteiger partial charge in [-0.1, -0.05) is 37.0 Å². The zero-order valence-corrected chi connectivity index (χ0v) is 15.2. The number of carbonyl (C=O) groups is 1. The number of ether oxygens (including phenoxy) is 1. The van der Waals surface area contributed by atoms with Gasteiger partial charge in [0.05, 0.1) is 25.2 Å². The molecule has 0 saturated carbocycles. The number of hydrogen-bond acceptors (Lipinski definition) is 3. The van der Waals surface area contributed by atoms with Gasteiger partial charge in [0.25, 0.3) is 0 Å². The SMILES string of the molecule is C[C@@H]1C[NH+](C)[C@@H](C)C[C@]1(O)C#CC(C)(C)OC(=O)c1ccccc1. The summed E-state index contributed by atoms with van der Waals surface area (Å²) in [7, 11) is 2.14. The van der Waals surface area contributed by atoms with Crippen LogP contribution in [0, 0.1) is 17.8 Å². The molecule has 0 aromatic heterocycles. The first-order valence-electron chi connectivity index (χ1n) is 8.50. The maximum Gasteiger partial charge on any atom is 0.339 e. The topological polar surface area (TPSA) is 51.0 Å². The number of likely N-dealkylation sites (tertiary alicyclic amines) is 1. The molecular weight excluding hydrogens is 302 g/mol. The minimum Gasteiger partial charge on any atom is -0.443 e. The van der Waals surface area contributed by atoms with E-state index in [1.165, 1.54) is 4.90 Å². The van der Waals surface area contributed by atoms with Crippen LogP contribution in [-0.2, 0) is 4.74 Å². The molecule has 1 unspecified atom stereocenters. The fourth-order valence-corrected chi connectivity index (χ4v) is 3.02. The van der Waals surface area contributed by atoms with E-state index < -0.39 is 17.2 Å². The van der Waals surface area contributed by atoms with Gasteiger partial charge in [0.15, 0.2) is 5.60 Å². The average molecular weight is 330 g/mol. The Kier molecular flexibility index (Phi) is 5.37. The van der Waals surface area contributed by atoms with E-state index in [2.05, 4.69) is 25.8 Å². The van der Waals surface area contributed by atoms with Gasteiger partial charge in [0, 0.05) is 12.3 Å². The molecule has 1 aromatic carbocycles. The van der Waals surface area contributed by atoms with Gasteiger partial charge in [-0.2, -0.15) is 0 Å². The van der Waals surface area contributed by atoms with Crippen molar-refractivity contribution >= 4 is 5.97 Å². The van der Waals surface area contributed by atoms with Crippen LogP contribution in [0.4, 0.5) is 0 Å². The van der Waals surface area contributed by atoms with Crippen LogP contribution < -0.4 is 4.90 Å². The minimum atomic E-state index is -1.03. The highest BCUT2D eigenvalue weighted by Crippen LogP contribution is 2.25. The summed E-state index contributed by atoms with van der Waals surface area (Å²) in [6.45, 7) is 8.51. The Bertz CT molecular complexity index is 644. The van der Waals surface area contributed by atoms with Crippen molar-refractivity contribution in [2.45, 2.75) is 51.4 Å². The first-order valence-corrected chi connectivity index (χ1v) is 8.50. The van der Waals surface area contributed by atoms with E-state index in [0.717, 1.165) is 6.54 Å². The number of benzene rings is 1. The van der Waals surface area contributed by atoms with Crippen molar-refractivity contribution in [3.8, 4) is 11.8 Å². The predicted octanol–water partition coefficient (Wildman–Crippen LogP) is 1.30. The summed E-state index contributed by atoms with van der Waals surface area (Å²) in [5.41, 5.74) is -1.49. The molecule has 2 rings (SSSR count). The number of esters is 1. The lowest BCUT2D eigenvalue weighted by atomic mass is 9.79. The van der Waals surface area contributed by atoms with Gasteiger partial charge in [-0.05, 0) is 32.9 Å². The van der Waals surface area contributed by atoms with Crippen LogP contribution in [0.15, 0.2) is 30.3 Å². The second-order valence-corrected chi connectivity index (χ2v) is 7.50. The molecule has 1 heterocycles. The van der Waals surface area contributed by atoms with Crippen LogP contribution in [0.5, 0.6) is 0 Å². The standard InChI is InChI=1S/C20H27NO3/c1-15-14-21(5)16(2)13-20(15,23)12-11-19(3,4)24-18(22)17-9-7-6-8-10-17/h6-10,15-16,23H,13-14H2,1-5H3/p+1/t15-,16+,20-/m1/s1. The Balaban J connectivity index is 2.11. The van der Waals surface area contributed by atoms with E-state index in [0.29, 0.717) is 18.0 Å². The third kappa shape index (κ3) is 4.37. The maximum absolute atomic E-state index is 12.2. The molecule has 4 nitrogen and oxygen atoms in total. The first-order chi connectivity index (χ1) is 11.1. The molecule has 2 N–H and O–H groups in total. The highest BCUT2D eigenvalue weighted by Gasteiger charge is 2.42. The molecule has 1 aliphatic heterocycles. The number of aliphatic hydroxyl groups is 1. The van der Waals surface area contributed by atoms with Crippen LogP contribution in [0.1, 0.15) is 44.5 Å². The molecular formula is C20H28NO3+. The Labute approximate surface area is 144 Å². The number of hydrogen-bond donors (Lipinski definition) is 2. The lowest BCUT2D eigenvalue weighted by molar-refractivity contribution is -0.915. The molecule has 1 aromatic rings. The molecule has 4 atom stereocenters. The second kappa shape index (κ2) is 6.96. The lowest BCUT2D eigenvalue weighted by Gasteiger charge is -2.40. The highest BCUT2D eigenvalue weighted by molar-refractivity contribution is 5.89. The van der Waals surface area contributed by atoms with Crippen LogP contribution >= 0.6 is 0 Å². The Hall–Kier alpha value is -1.83. The predicted molar refractivity (Wildman–Crippen MR) is 93.7 cm³/mol. The van der Waals surface area contributed by atoms with Crippen molar-refractivity contribution in [2.24, 2.45) is 5.92 Å². The zero-order chi connectivity index (χ0) is 18.0. The van der Waals surface area contributed by atoms with Crippen molar-refractivity contribution in [3.05, 3.63) is 35.9 Å². The smallest absolute Gasteiger partial charge is 0.339 e. The van der Waals surface area contributed by atoms with E-state index in [1.807, 2.05) is 13.0 Å². The van der Waals surface area contributed by atoms with Crippen molar-refractivity contribution in [1.29, 1.82) is 0 Å². The van der Waals surface area contributed by atoms with Gasteiger partial charge in [0.2, 0.25) is 0 Å². The third-order valence-electron chi connectivity index (χ3n) is 4.84. The van der Waals surface area contributed by atoms with Crippen LogP contribution in [0.3, 0.4) is 0 Å². The van der Waals surface area contributed by atoms with Crippen molar-refractivity contribution < 1.29 is 19.5 Å². The normalized spacial score (nSPS) is 30.2. The molecule has 1 saturated heterocycles. The Morgan fingerprint density at radius 3 is 2.58 bits per heavy atom. The van der Waals surface area contributed by atoms with Gasteiger partial charge in [-0.25, -0.2) is 4.79 Å². The fourth-order valence-electron chi connectivity index (χ4n) is 3.02. The molecule has 0 radical (unpaired) electrons. The molecule has 0 aliphatic carbocycles. The second-order valence-electron chi connectivity index (χ2n) is 7.50. The fraction of sp³-hybridized carbons (Fsp3) is 0.550. The van der Waals surface area contributed by atoms with Crippen LogP contribution in [-0.4, -0.2) is 41.9 Å². The Morgan fingerprint density at radius 1 is 1.33 bits per heavy atom. The summed E-state index contributed by atoms with van der Waals surface area (Å²) in [6, 6.07) is 9.20. The molecule has 24 heavy (non-hydrogen) atoms. The molecule has 4 heteroatoms. The van der Waals surface area contributed by atoms with Gasteiger partial charge >= 0.3 is 5.97 Å². The van der Waals surface area contributed by atoms with Crippen LogP contribution in [0.25, 0.3) is 0 Å². The molecule has 0 bridgehead atoms. The summed E-state index contributed by atoms with van der Waals surface area (Å²) in [4.78, 5) is 13.6. The Morgan fingerprint density at radius 2 is 1.96 bits per heavy atom. The summed E-state index contributed by atoms with van der Waals surface area (Å²) in [5.74, 6) is 5.66. The van der Waals surface area contributed by atoms with E-state index in [9.17, 15) is 9.90 Å². The largest absolute Gasteiger partial charge is 0.443 e. The molecule has 1 aliphatic rings. The number of piperidine rings is 1. The van der Waals surface area contributed by atoms with Gasteiger partial charge < -0.3 is 14.7 Å². The first kappa shape index (κ1) is 18.5. The number of nitrogens with one attached hydrogen (secondary N) is 1. The molecule has 0 spiro atoms. The summed E-state index contributed by atoms with van der Waals surface area (Å²) < 4.78 is 5.51. The average Bonchev–Trinajstić information content (AvgIpc) is 2.52. The number of quaternary nitrogens is 1. The minimum absolute atomic E-state index is 0.0711. The van der Waals surface area contributed by atoms with Crippen molar-refractivity contribution in [2.75, 3.05) is 13.6 Å². The summed E-state index contributed by atoms with van der Waals surface area (Å²) in [5, 5.41) is 10.9. The van der Waals surface area contributed by atoms with E-state index in [1.54, 1.807) is 38.1 Å². The molecule has 1 fully saturated rings. The van der Waals surface area contributed by atoms with Gasteiger partial charge in [0.1, 0.15) is 5.60 Å². The summed E-state index contributed by atoms with van der Waals surface area (Å²) >= 11 is 0.